The zero-order valence-electron chi connectivity index (χ0n) is 10.0. The third-order valence-electron chi connectivity index (χ3n) is 2.53. The zero-order valence-corrected chi connectivity index (χ0v) is 11.6. The van der Waals surface area contributed by atoms with Gasteiger partial charge in [-0.3, -0.25) is 9.40 Å². The van der Waals surface area contributed by atoms with E-state index in [1.54, 1.807) is 24.3 Å². The highest BCUT2D eigenvalue weighted by atomic mass is 35.5. The van der Waals surface area contributed by atoms with Gasteiger partial charge in [-0.25, -0.2) is 0 Å². The second kappa shape index (κ2) is 5.20. The van der Waals surface area contributed by atoms with Crippen molar-refractivity contribution < 1.29 is 13.5 Å². The number of para-hydroxylation sites is 1. The molecule has 8 heteroatoms. The van der Waals surface area contributed by atoms with Crippen molar-refractivity contribution in [1.82, 2.24) is 9.78 Å². The Morgan fingerprint density at radius 2 is 2.11 bits per heavy atom. The molecule has 2 aromatic rings. The Hall–Kier alpha value is -1.57. The van der Waals surface area contributed by atoms with Crippen LogP contribution in [-0.2, 0) is 23.7 Å². The smallest absolute Gasteiger partial charge is 0.280 e. The molecule has 0 saturated carbocycles. The molecule has 0 amide bonds. The summed E-state index contributed by atoms with van der Waals surface area (Å²) >= 11 is 5.82. The maximum absolute atomic E-state index is 12.2. The third kappa shape index (κ3) is 2.73. The van der Waals surface area contributed by atoms with Crippen LogP contribution in [-0.4, -0.2) is 23.3 Å². The molecule has 0 bridgehead atoms. The van der Waals surface area contributed by atoms with E-state index in [1.165, 1.54) is 17.9 Å². The van der Waals surface area contributed by atoms with Crippen molar-refractivity contribution in [3.8, 4) is 0 Å². The minimum absolute atomic E-state index is 0.0384. The number of hydrogen-bond donors (Lipinski definition) is 2. The van der Waals surface area contributed by atoms with Crippen LogP contribution in [0.15, 0.2) is 35.5 Å². The SMILES string of the molecule is Cn1ncc(Cl)c1S(=O)(=O)Nc1ccccc1CO. The summed E-state index contributed by atoms with van der Waals surface area (Å²) in [5.74, 6) is 0. The molecule has 2 rings (SSSR count). The van der Waals surface area contributed by atoms with Crippen LogP contribution in [0.1, 0.15) is 5.56 Å². The molecule has 0 aliphatic rings. The van der Waals surface area contributed by atoms with E-state index in [1.807, 2.05) is 0 Å². The summed E-state index contributed by atoms with van der Waals surface area (Å²) in [7, 11) is -2.37. The van der Waals surface area contributed by atoms with E-state index in [9.17, 15) is 13.5 Å². The molecule has 1 heterocycles. The second-order valence-corrected chi connectivity index (χ2v) is 5.85. The number of sulfonamides is 1. The number of nitrogens with one attached hydrogen (secondary N) is 1. The van der Waals surface area contributed by atoms with Gasteiger partial charge in [0.15, 0.2) is 5.03 Å². The molecule has 0 aliphatic heterocycles. The standard InChI is InChI=1S/C11H12ClN3O3S/c1-15-11(9(12)6-13-15)19(17,18)14-10-5-3-2-4-8(10)7-16/h2-6,14,16H,7H2,1H3. The van der Waals surface area contributed by atoms with Crippen LogP contribution in [0.3, 0.4) is 0 Å². The topological polar surface area (TPSA) is 84.2 Å². The fourth-order valence-electron chi connectivity index (χ4n) is 1.65. The molecule has 19 heavy (non-hydrogen) atoms. The van der Waals surface area contributed by atoms with Gasteiger partial charge >= 0.3 is 0 Å². The minimum atomic E-state index is -3.86. The van der Waals surface area contributed by atoms with Crippen LogP contribution in [0.5, 0.6) is 0 Å². The van der Waals surface area contributed by atoms with Crippen molar-refractivity contribution in [1.29, 1.82) is 0 Å². The number of nitrogens with zero attached hydrogens (tertiary/aromatic N) is 2. The number of anilines is 1. The molecule has 1 aromatic heterocycles. The Labute approximate surface area is 115 Å². The zero-order chi connectivity index (χ0) is 14.0. The van der Waals surface area contributed by atoms with Gasteiger partial charge in [-0.1, -0.05) is 29.8 Å². The van der Waals surface area contributed by atoms with Crippen LogP contribution >= 0.6 is 11.6 Å². The lowest BCUT2D eigenvalue weighted by Gasteiger charge is -2.11. The van der Waals surface area contributed by atoms with Crippen LogP contribution < -0.4 is 4.72 Å². The van der Waals surface area contributed by atoms with Gasteiger partial charge in [0.1, 0.15) is 0 Å². The number of aliphatic hydroxyl groups excluding tert-OH is 1. The highest BCUT2D eigenvalue weighted by molar-refractivity contribution is 7.92. The molecule has 0 saturated heterocycles. The van der Waals surface area contributed by atoms with E-state index in [4.69, 9.17) is 11.6 Å². The third-order valence-corrected chi connectivity index (χ3v) is 4.40. The van der Waals surface area contributed by atoms with Gasteiger partial charge in [0.25, 0.3) is 10.0 Å². The maximum Gasteiger partial charge on any atom is 0.280 e. The van der Waals surface area contributed by atoms with Crippen molar-refractivity contribution in [2.75, 3.05) is 4.72 Å². The Morgan fingerprint density at radius 1 is 1.42 bits per heavy atom. The van der Waals surface area contributed by atoms with Gasteiger partial charge < -0.3 is 5.11 Å². The van der Waals surface area contributed by atoms with Crippen molar-refractivity contribution in [2.45, 2.75) is 11.6 Å². The predicted molar refractivity (Wildman–Crippen MR) is 71.4 cm³/mol. The van der Waals surface area contributed by atoms with Gasteiger partial charge in [0.05, 0.1) is 23.5 Å². The van der Waals surface area contributed by atoms with Crippen molar-refractivity contribution in [3.63, 3.8) is 0 Å². The summed E-state index contributed by atoms with van der Waals surface area (Å²) in [5.41, 5.74) is 0.784. The summed E-state index contributed by atoms with van der Waals surface area (Å²) in [4.78, 5) is 0. The van der Waals surface area contributed by atoms with E-state index in [0.717, 1.165) is 0 Å². The van der Waals surface area contributed by atoms with Crippen molar-refractivity contribution >= 4 is 27.3 Å². The van der Waals surface area contributed by atoms with E-state index in [0.29, 0.717) is 11.3 Å². The van der Waals surface area contributed by atoms with Gasteiger partial charge in [-0.15, -0.1) is 0 Å². The number of aryl methyl sites for hydroxylation is 1. The normalized spacial score (nSPS) is 11.5. The van der Waals surface area contributed by atoms with E-state index >= 15 is 0 Å². The number of hydrogen-bond acceptors (Lipinski definition) is 4. The molecule has 0 aliphatic carbocycles. The molecule has 102 valence electrons. The Bertz CT molecular complexity index is 677. The summed E-state index contributed by atoms with van der Waals surface area (Å²) in [6, 6.07) is 6.57. The number of rotatable bonds is 4. The number of halogens is 1. The first-order valence-electron chi connectivity index (χ1n) is 5.35. The lowest BCUT2D eigenvalue weighted by Crippen LogP contribution is -2.18. The Morgan fingerprint density at radius 3 is 2.68 bits per heavy atom. The Balaban J connectivity index is 2.43. The summed E-state index contributed by atoms with van der Waals surface area (Å²) < 4.78 is 28.0. The van der Waals surface area contributed by atoms with Gasteiger partial charge in [0, 0.05) is 12.6 Å². The average Bonchev–Trinajstić information content (AvgIpc) is 2.70. The van der Waals surface area contributed by atoms with E-state index in [2.05, 4.69) is 9.82 Å². The maximum atomic E-state index is 12.2. The fraction of sp³-hybridized carbons (Fsp3) is 0.182. The lowest BCUT2D eigenvalue weighted by molar-refractivity contribution is 0.282. The van der Waals surface area contributed by atoms with Crippen molar-refractivity contribution in [3.05, 3.63) is 41.0 Å². The quantitative estimate of drug-likeness (QED) is 0.893. The molecule has 0 unspecified atom stereocenters. The molecule has 1 aromatic carbocycles. The average molecular weight is 302 g/mol. The van der Waals surface area contributed by atoms with Crippen LogP contribution in [0.2, 0.25) is 5.02 Å². The summed E-state index contributed by atoms with van der Waals surface area (Å²) in [6.45, 7) is -0.266. The van der Waals surface area contributed by atoms with Crippen molar-refractivity contribution in [2.24, 2.45) is 7.05 Å². The summed E-state index contributed by atoms with van der Waals surface area (Å²) in [5, 5.41) is 12.9. The molecule has 0 radical (unpaired) electrons. The first-order valence-corrected chi connectivity index (χ1v) is 7.21. The first kappa shape index (κ1) is 13.9. The molecule has 0 spiro atoms. The molecular weight excluding hydrogens is 290 g/mol. The molecular formula is C11H12ClN3O3S. The minimum Gasteiger partial charge on any atom is -0.392 e. The fourth-order valence-corrected chi connectivity index (χ4v) is 3.41. The highest BCUT2D eigenvalue weighted by Gasteiger charge is 2.23. The highest BCUT2D eigenvalue weighted by Crippen LogP contribution is 2.24. The first-order chi connectivity index (χ1) is 8.95. The van der Waals surface area contributed by atoms with Gasteiger partial charge in [-0.2, -0.15) is 13.5 Å². The Kier molecular flexibility index (Phi) is 3.79. The number of aliphatic hydroxyl groups is 1. The van der Waals surface area contributed by atoms with Crippen LogP contribution in [0.4, 0.5) is 5.69 Å². The number of benzene rings is 1. The van der Waals surface area contributed by atoms with E-state index < -0.39 is 10.0 Å². The second-order valence-electron chi connectivity index (χ2n) is 3.84. The molecule has 6 nitrogen and oxygen atoms in total. The largest absolute Gasteiger partial charge is 0.392 e. The van der Waals surface area contributed by atoms with Gasteiger partial charge in [0.2, 0.25) is 0 Å². The summed E-state index contributed by atoms with van der Waals surface area (Å²) in [6.07, 6.45) is 1.26. The molecule has 0 atom stereocenters. The molecule has 0 fully saturated rings. The monoisotopic (exact) mass is 301 g/mol. The lowest BCUT2D eigenvalue weighted by atomic mass is 10.2. The van der Waals surface area contributed by atoms with Gasteiger partial charge in [-0.05, 0) is 6.07 Å². The number of aromatic nitrogens is 2. The van der Waals surface area contributed by atoms with Crippen LogP contribution in [0.25, 0.3) is 0 Å². The van der Waals surface area contributed by atoms with Crippen LogP contribution in [0, 0.1) is 0 Å². The predicted octanol–water partition coefficient (Wildman–Crippen LogP) is 1.37. The van der Waals surface area contributed by atoms with E-state index in [-0.39, 0.29) is 16.7 Å². The molecule has 2 N–H and O–H groups in total.